The van der Waals surface area contributed by atoms with Crippen molar-refractivity contribution in [3.63, 3.8) is 0 Å². The molecule has 0 radical (unpaired) electrons. The van der Waals surface area contributed by atoms with E-state index in [9.17, 15) is 5.11 Å². The average Bonchev–Trinajstić information content (AvgIpc) is 3.27. The molecule has 0 spiro atoms. The largest absolute Gasteiger partial charge is 0.396 e. The number of hydrogen-bond acceptors (Lipinski definition) is 6. The normalized spacial score (nSPS) is 12.6. The van der Waals surface area contributed by atoms with E-state index in [4.69, 9.17) is 4.52 Å². The molecular formula is C18H21N3O2S. The summed E-state index contributed by atoms with van der Waals surface area (Å²) in [5.74, 6) is 1.23. The van der Waals surface area contributed by atoms with Gasteiger partial charge in [0.15, 0.2) is 0 Å². The summed E-state index contributed by atoms with van der Waals surface area (Å²) in [4.78, 5) is 7.76. The molecule has 1 aromatic carbocycles. The van der Waals surface area contributed by atoms with Crippen LogP contribution in [-0.4, -0.2) is 32.8 Å². The van der Waals surface area contributed by atoms with E-state index in [-0.39, 0.29) is 12.6 Å². The lowest BCUT2D eigenvalue weighted by Gasteiger charge is -2.27. The Balaban J connectivity index is 1.73. The van der Waals surface area contributed by atoms with Crippen LogP contribution in [0.2, 0.25) is 0 Å². The van der Waals surface area contributed by atoms with E-state index in [0.717, 1.165) is 11.4 Å². The fraction of sp³-hybridized carbons (Fsp3) is 0.333. The fourth-order valence-corrected chi connectivity index (χ4v) is 3.20. The Morgan fingerprint density at radius 1 is 1.17 bits per heavy atom. The Hall–Kier alpha value is -2.02. The second-order valence-electron chi connectivity index (χ2n) is 5.74. The maximum absolute atomic E-state index is 9.27. The van der Waals surface area contributed by atoms with Gasteiger partial charge in [0.25, 0.3) is 0 Å². The lowest BCUT2D eigenvalue weighted by Crippen LogP contribution is -2.33. The van der Waals surface area contributed by atoms with Crippen molar-refractivity contribution in [2.45, 2.75) is 32.5 Å². The van der Waals surface area contributed by atoms with Crippen LogP contribution in [0.1, 0.15) is 24.8 Å². The predicted molar refractivity (Wildman–Crippen MR) is 94.5 cm³/mol. The molecule has 0 aliphatic carbocycles. The third-order valence-corrected chi connectivity index (χ3v) is 4.81. The number of aromatic nitrogens is 2. The third kappa shape index (κ3) is 4.29. The van der Waals surface area contributed by atoms with E-state index in [0.29, 0.717) is 24.7 Å². The van der Waals surface area contributed by atoms with Crippen LogP contribution in [0, 0.1) is 0 Å². The van der Waals surface area contributed by atoms with Gasteiger partial charge in [0, 0.05) is 19.2 Å². The van der Waals surface area contributed by atoms with Crippen molar-refractivity contribution >= 4 is 11.3 Å². The molecule has 3 aromatic rings. The van der Waals surface area contributed by atoms with Crippen molar-refractivity contribution < 1.29 is 9.63 Å². The summed E-state index contributed by atoms with van der Waals surface area (Å²) < 4.78 is 5.43. The van der Waals surface area contributed by atoms with Gasteiger partial charge in [-0.2, -0.15) is 4.98 Å². The van der Waals surface area contributed by atoms with Gasteiger partial charge in [-0.15, -0.1) is 11.3 Å². The van der Waals surface area contributed by atoms with Crippen LogP contribution < -0.4 is 0 Å². The number of benzene rings is 1. The molecule has 1 unspecified atom stereocenters. The van der Waals surface area contributed by atoms with E-state index < -0.39 is 0 Å². The minimum Gasteiger partial charge on any atom is -0.396 e. The van der Waals surface area contributed by atoms with Gasteiger partial charge in [-0.3, -0.25) is 4.90 Å². The number of hydrogen-bond donors (Lipinski definition) is 1. The van der Waals surface area contributed by atoms with E-state index in [2.05, 4.69) is 34.1 Å². The van der Waals surface area contributed by atoms with Crippen LogP contribution in [-0.2, 0) is 13.1 Å². The fourth-order valence-electron chi connectivity index (χ4n) is 2.55. The number of thiophene rings is 1. The lowest BCUT2D eigenvalue weighted by atomic mass is 10.1. The molecule has 0 fully saturated rings. The van der Waals surface area contributed by atoms with Crippen molar-refractivity contribution in [3.8, 4) is 10.7 Å². The average molecular weight is 343 g/mol. The summed E-state index contributed by atoms with van der Waals surface area (Å²) in [6, 6.07) is 14.4. The molecule has 2 aromatic heterocycles. The van der Waals surface area contributed by atoms with Gasteiger partial charge in [-0.25, -0.2) is 0 Å². The van der Waals surface area contributed by atoms with Crippen LogP contribution in [0.4, 0.5) is 0 Å². The molecule has 6 heteroatoms. The zero-order valence-corrected chi connectivity index (χ0v) is 14.4. The van der Waals surface area contributed by atoms with Crippen molar-refractivity contribution in [2.75, 3.05) is 6.61 Å². The quantitative estimate of drug-likeness (QED) is 0.677. The Bertz CT molecular complexity index is 728. The molecule has 3 rings (SSSR count). The number of rotatable bonds is 8. The number of aliphatic hydroxyl groups excluding tert-OH is 1. The Morgan fingerprint density at radius 2 is 2.00 bits per heavy atom. The molecule has 0 bridgehead atoms. The van der Waals surface area contributed by atoms with Gasteiger partial charge in [0.2, 0.25) is 11.7 Å². The Kier molecular flexibility index (Phi) is 5.74. The second kappa shape index (κ2) is 8.19. The molecule has 1 atom stereocenters. The molecule has 0 saturated heterocycles. The van der Waals surface area contributed by atoms with E-state index in [1.165, 1.54) is 5.56 Å². The molecule has 2 heterocycles. The number of nitrogens with zero attached hydrogens (tertiary/aromatic N) is 3. The van der Waals surface area contributed by atoms with Crippen LogP contribution in [0.25, 0.3) is 10.7 Å². The van der Waals surface area contributed by atoms with E-state index in [1.807, 2.05) is 35.7 Å². The second-order valence-corrected chi connectivity index (χ2v) is 6.69. The summed E-state index contributed by atoms with van der Waals surface area (Å²) in [5.41, 5.74) is 1.22. The highest BCUT2D eigenvalue weighted by Crippen LogP contribution is 2.22. The SMILES string of the molecule is CC(CCO)N(Cc1ccccc1)Cc1nc(-c2cccs2)no1. The molecule has 5 nitrogen and oxygen atoms in total. The third-order valence-electron chi connectivity index (χ3n) is 3.95. The zero-order chi connectivity index (χ0) is 16.8. The highest BCUT2D eigenvalue weighted by molar-refractivity contribution is 7.13. The van der Waals surface area contributed by atoms with Gasteiger partial charge >= 0.3 is 0 Å². The van der Waals surface area contributed by atoms with Crippen molar-refractivity contribution in [1.82, 2.24) is 15.0 Å². The molecule has 0 amide bonds. The monoisotopic (exact) mass is 343 g/mol. The van der Waals surface area contributed by atoms with Crippen molar-refractivity contribution in [2.24, 2.45) is 0 Å². The first-order valence-corrected chi connectivity index (χ1v) is 8.89. The van der Waals surface area contributed by atoms with Gasteiger partial charge in [-0.1, -0.05) is 41.6 Å². The minimum atomic E-state index is 0.163. The van der Waals surface area contributed by atoms with Crippen molar-refractivity contribution in [1.29, 1.82) is 0 Å². The summed E-state index contributed by atoms with van der Waals surface area (Å²) in [6.45, 7) is 3.61. The maximum Gasteiger partial charge on any atom is 0.241 e. The summed E-state index contributed by atoms with van der Waals surface area (Å²) in [5, 5.41) is 15.3. The first kappa shape index (κ1) is 16.8. The van der Waals surface area contributed by atoms with Crippen molar-refractivity contribution in [3.05, 3.63) is 59.3 Å². The van der Waals surface area contributed by atoms with Crippen LogP contribution in [0.15, 0.2) is 52.4 Å². The maximum atomic E-state index is 9.27. The Morgan fingerprint density at radius 3 is 2.71 bits per heavy atom. The van der Waals surface area contributed by atoms with Gasteiger partial charge in [-0.05, 0) is 30.4 Å². The van der Waals surface area contributed by atoms with E-state index >= 15 is 0 Å². The smallest absolute Gasteiger partial charge is 0.241 e. The van der Waals surface area contributed by atoms with Crippen LogP contribution in [0.5, 0.6) is 0 Å². The lowest BCUT2D eigenvalue weighted by molar-refractivity contribution is 0.137. The topological polar surface area (TPSA) is 62.4 Å². The summed E-state index contributed by atoms with van der Waals surface area (Å²) >= 11 is 1.59. The summed E-state index contributed by atoms with van der Waals surface area (Å²) in [7, 11) is 0. The highest BCUT2D eigenvalue weighted by atomic mass is 32.1. The molecule has 0 saturated carbocycles. The van der Waals surface area contributed by atoms with Crippen LogP contribution in [0.3, 0.4) is 0 Å². The Labute approximate surface area is 145 Å². The van der Waals surface area contributed by atoms with Gasteiger partial charge in [0.1, 0.15) is 0 Å². The minimum absolute atomic E-state index is 0.163. The van der Waals surface area contributed by atoms with Gasteiger partial charge in [0.05, 0.1) is 11.4 Å². The summed E-state index contributed by atoms with van der Waals surface area (Å²) in [6.07, 6.45) is 0.707. The zero-order valence-electron chi connectivity index (χ0n) is 13.6. The number of aliphatic hydroxyl groups is 1. The standard InChI is InChI=1S/C18H21N3O2S/c1-14(9-10-22)21(12-15-6-3-2-4-7-15)13-17-19-18(20-23-17)16-8-5-11-24-16/h2-8,11,14,22H,9-10,12-13H2,1H3. The first-order valence-electron chi connectivity index (χ1n) is 8.01. The molecule has 24 heavy (non-hydrogen) atoms. The molecule has 0 aliphatic rings. The van der Waals surface area contributed by atoms with Gasteiger partial charge < -0.3 is 9.63 Å². The molecular weight excluding hydrogens is 322 g/mol. The predicted octanol–water partition coefficient (Wildman–Crippen LogP) is 3.57. The molecule has 1 N–H and O–H groups in total. The van der Waals surface area contributed by atoms with E-state index in [1.54, 1.807) is 11.3 Å². The molecule has 126 valence electrons. The first-order chi connectivity index (χ1) is 11.8. The highest BCUT2D eigenvalue weighted by Gasteiger charge is 2.18. The van der Waals surface area contributed by atoms with Crippen LogP contribution >= 0.6 is 11.3 Å². The molecule has 0 aliphatic heterocycles.